The Balaban J connectivity index is 1.94. The number of carbonyl (C=O) groups excluding carboxylic acids is 3. The van der Waals surface area contributed by atoms with Crippen molar-refractivity contribution in [2.24, 2.45) is 0 Å². The summed E-state index contributed by atoms with van der Waals surface area (Å²) in [5, 5.41) is 10.8. The molecule has 1 saturated heterocycles. The van der Waals surface area contributed by atoms with E-state index in [-0.39, 0.29) is 12.2 Å². The zero-order valence-electron chi connectivity index (χ0n) is 14.7. The van der Waals surface area contributed by atoms with Gasteiger partial charge in [-0.05, 0) is 58.8 Å². The molecule has 0 bridgehead atoms. The van der Waals surface area contributed by atoms with Crippen LogP contribution in [-0.4, -0.2) is 24.5 Å². The van der Waals surface area contributed by atoms with Crippen molar-refractivity contribution in [2.75, 3.05) is 11.5 Å². The van der Waals surface area contributed by atoms with Gasteiger partial charge in [0.15, 0.2) is 6.61 Å². The molecule has 4 amide bonds. The highest BCUT2D eigenvalue weighted by Crippen LogP contribution is 2.28. The van der Waals surface area contributed by atoms with Crippen LogP contribution in [0.1, 0.15) is 11.1 Å². The van der Waals surface area contributed by atoms with Crippen molar-refractivity contribution in [1.82, 2.24) is 5.32 Å². The Morgan fingerprint density at radius 1 is 1.18 bits per heavy atom. The van der Waals surface area contributed by atoms with Gasteiger partial charge in [0, 0.05) is 0 Å². The van der Waals surface area contributed by atoms with E-state index >= 15 is 0 Å². The quantitative estimate of drug-likeness (QED) is 0.581. The van der Waals surface area contributed by atoms with Crippen molar-refractivity contribution in [2.45, 2.75) is 6.92 Å². The normalized spacial score (nSPS) is 15.4. The molecule has 2 aromatic carbocycles. The number of nitrogens with one attached hydrogen (secondary N) is 1. The van der Waals surface area contributed by atoms with Gasteiger partial charge in [0.1, 0.15) is 17.4 Å². The Morgan fingerprint density at radius 3 is 2.54 bits per heavy atom. The number of anilines is 1. The molecule has 0 aromatic heterocycles. The smallest absolute Gasteiger partial charge is 0.335 e. The average molecular weight is 440 g/mol. The molecule has 0 saturated carbocycles. The summed E-state index contributed by atoms with van der Waals surface area (Å²) >= 11 is 3.32. The molecule has 1 aliphatic heterocycles. The van der Waals surface area contributed by atoms with Gasteiger partial charge >= 0.3 is 6.03 Å². The molecule has 8 heteroatoms. The Morgan fingerprint density at radius 2 is 1.89 bits per heavy atom. The van der Waals surface area contributed by atoms with Gasteiger partial charge < -0.3 is 4.74 Å². The van der Waals surface area contributed by atoms with E-state index in [2.05, 4.69) is 21.2 Å². The minimum Gasteiger partial charge on any atom is -0.478 e. The number of hydrogen-bond acceptors (Lipinski definition) is 5. The van der Waals surface area contributed by atoms with Gasteiger partial charge in [-0.1, -0.05) is 23.8 Å². The molecule has 0 atom stereocenters. The van der Waals surface area contributed by atoms with E-state index in [4.69, 9.17) is 10.00 Å². The summed E-state index contributed by atoms with van der Waals surface area (Å²) in [6, 6.07) is 12.8. The molecule has 1 aliphatic rings. The lowest BCUT2D eigenvalue weighted by Gasteiger charge is -2.26. The first-order valence-electron chi connectivity index (χ1n) is 8.18. The first-order valence-corrected chi connectivity index (χ1v) is 8.97. The predicted octanol–water partition coefficient (Wildman–Crippen LogP) is 3.33. The third kappa shape index (κ3) is 3.94. The third-order valence-corrected chi connectivity index (χ3v) is 4.57. The molecule has 1 N–H and O–H groups in total. The van der Waals surface area contributed by atoms with Crippen molar-refractivity contribution in [3.05, 3.63) is 63.6 Å². The van der Waals surface area contributed by atoms with Crippen LogP contribution in [0.5, 0.6) is 5.75 Å². The second-order valence-corrected chi connectivity index (χ2v) is 6.78. The molecule has 0 spiro atoms. The Bertz CT molecular complexity index is 1040. The number of amides is 4. The van der Waals surface area contributed by atoms with Crippen LogP contribution in [0.25, 0.3) is 6.08 Å². The summed E-state index contributed by atoms with van der Waals surface area (Å²) in [4.78, 5) is 38.2. The molecule has 140 valence electrons. The molecule has 0 radical (unpaired) electrons. The molecule has 2 aromatic rings. The van der Waals surface area contributed by atoms with Gasteiger partial charge in [-0.3, -0.25) is 14.9 Å². The highest BCUT2D eigenvalue weighted by Gasteiger charge is 2.36. The second kappa shape index (κ2) is 8.06. The van der Waals surface area contributed by atoms with Crippen molar-refractivity contribution in [3.8, 4) is 11.8 Å². The Hall–Kier alpha value is -3.44. The Kier molecular flexibility index (Phi) is 5.57. The van der Waals surface area contributed by atoms with Gasteiger partial charge in [-0.2, -0.15) is 5.26 Å². The number of benzene rings is 2. The molecule has 1 fully saturated rings. The van der Waals surface area contributed by atoms with Crippen molar-refractivity contribution in [1.29, 1.82) is 5.26 Å². The lowest BCUT2D eigenvalue weighted by Crippen LogP contribution is -2.54. The van der Waals surface area contributed by atoms with Crippen LogP contribution in [0, 0.1) is 18.3 Å². The number of imide groups is 2. The van der Waals surface area contributed by atoms with E-state index in [0.717, 1.165) is 10.5 Å². The van der Waals surface area contributed by atoms with Crippen LogP contribution >= 0.6 is 15.9 Å². The Labute approximate surface area is 169 Å². The van der Waals surface area contributed by atoms with E-state index in [9.17, 15) is 14.4 Å². The monoisotopic (exact) mass is 439 g/mol. The number of rotatable bonds is 4. The summed E-state index contributed by atoms with van der Waals surface area (Å²) < 4.78 is 5.81. The standard InChI is InChI=1S/C20H14BrN3O4/c1-12-2-5-14(6-3-12)24-19(26)15(18(25)23-20(24)27)10-13-4-7-17(16(21)11-13)28-9-8-22/h2-7,10-11H,9H2,1H3,(H,23,25,27)/b15-10+. The zero-order valence-corrected chi connectivity index (χ0v) is 16.3. The molecule has 28 heavy (non-hydrogen) atoms. The average Bonchev–Trinajstić information content (AvgIpc) is 2.66. The predicted molar refractivity (Wildman–Crippen MR) is 105 cm³/mol. The molecule has 0 aliphatic carbocycles. The topological polar surface area (TPSA) is 99.5 Å². The highest BCUT2D eigenvalue weighted by atomic mass is 79.9. The maximum Gasteiger partial charge on any atom is 0.335 e. The maximum atomic E-state index is 12.8. The lowest BCUT2D eigenvalue weighted by atomic mass is 10.1. The number of ether oxygens (including phenoxy) is 1. The van der Waals surface area contributed by atoms with Crippen LogP contribution in [0.3, 0.4) is 0 Å². The van der Waals surface area contributed by atoms with Gasteiger partial charge in [-0.15, -0.1) is 0 Å². The van der Waals surface area contributed by atoms with Crippen LogP contribution < -0.4 is 15.0 Å². The SMILES string of the molecule is Cc1ccc(N2C(=O)NC(=O)/C(=C\c3ccc(OCC#N)c(Br)c3)C2=O)cc1. The van der Waals surface area contributed by atoms with E-state index in [1.807, 2.05) is 13.0 Å². The lowest BCUT2D eigenvalue weighted by molar-refractivity contribution is -0.122. The van der Waals surface area contributed by atoms with Crippen molar-refractivity contribution in [3.63, 3.8) is 0 Å². The van der Waals surface area contributed by atoms with E-state index < -0.39 is 17.8 Å². The fourth-order valence-electron chi connectivity index (χ4n) is 2.59. The number of halogens is 1. The molecular formula is C20H14BrN3O4. The van der Waals surface area contributed by atoms with Crippen LogP contribution in [0.4, 0.5) is 10.5 Å². The number of aryl methyl sites for hydroxylation is 1. The largest absolute Gasteiger partial charge is 0.478 e. The second-order valence-electron chi connectivity index (χ2n) is 5.93. The summed E-state index contributed by atoms with van der Waals surface area (Å²) in [5.41, 5.74) is 1.72. The summed E-state index contributed by atoms with van der Waals surface area (Å²) in [7, 11) is 0. The van der Waals surface area contributed by atoms with Gasteiger partial charge in [0.25, 0.3) is 11.8 Å². The number of nitrogens with zero attached hydrogens (tertiary/aromatic N) is 2. The maximum absolute atomic E-state index is 12.8. The minimum absolute atomic E-state index is 0.104. The molecule has 0 unspecified atom stereocenters. The number of barbiturate groups is 1. The van der Waals surface area contributed by atoms with E-state index in [1.165, 1.54) is 6.08 Å². The molecule has 7 nitrogen and oxygen atoms in total. The first kappa shape index (κ1) is 19.3. The minimum atomic E-state index is -0.794. The van der Waals surface area contributed by atoms with Crippen LogP contribution in [0.2, 0.25) is 0 Å². The number of carbonyl (C=O) groups is 3. The van der Waals surface area contributed by atoms with Crippen LogP contribution in [0.15, 0.2) is 52.5 Å². The van der Waals surface area contributed by atoms with Crippen molar-refractivity contribution < 1.29 is 19.1 Å². The van der Waals surface area contributed by atoms with Gasteiger partial charge in [0.2, 0.25) is 0 Å². The molecular weight excluding hydrogens is 426 g/mol. The summed E-state index contributed by atoms with van der Waals surface area (Å²) in [6.45, 7) is 1.78. The third-order valence-electron chi connectivity index (χ3n) is 3.95. The van der Waals surface area contributed by atoms with Crippen LogP contribution in [-0.2, 0) is 9.59 Å². The number of urea groups is 1. The van der Waals surface area contributed by atoms with E-state index in [1.54, 1.807) is 42.5 Å². The van der Waals surface area contributed by atoms with Gasteiger partial charge in [-0.25, -0.2) is 9.69 Å². The summed E-state index contributed by atoms with van der Waals surface area (Å²) in [5.74, 6) is -1.02. The van der Waals surface area contributed by atoms with Crippen molar-refractivity contribution >= 4 is 45.5 Å². The number of hydrogen-bond donors (Lipinski definition) is 1. The number of nitriles is 1. The molecule has 1 heterocycles. The fourth-order valence-corrected chi connectivity index (χ4v) is 3.10. The van der Waals surface area contributed by atoms with E-state index in [0.29, 0.717) is 21.5 Å². The zero-order chi connectivity index (χ0) is 20.3. The molecule has 3 rings (SSSR count). The first-order chi connectivity index (χ1) is 13.4. The summed E-state index contributed by atoms with van der Waals surface area (Å²) in [6.07, 6.45) is 1.39. The fraction of sp³-hybridized carbons (Fsp3) is 0.100. The highest BCUT2D eigenvalue weighted by molar-refractivity contribution is 9.10. The van der Waals surface area contributed by atoms with Gasteiger partial charge in [0.05, 0.1) is 10.2 Å².